The molecule has 0 aliphatic rings. The van der Waals surface area contributed by atoms with Gasteiger partial charge in [-0.15, -0.1) is 10.2 Å². The van der Waals surface area contributed by atoms with E-state index in [-0.39, 0.29) is 17.3 Å². The molecule has 31 heavy (non-hydrogen) atoms. The number of benzene rings is 2. The molecule has 0 spiro atoms. The van der Waals surface area contributed by atoms with Crippen LogP contribution in [0.4, 0.5) is 11.4 Å². The first-order valence-electron chi connectivity index (χ1n) is 9.42. The number of anilines is 1. The Bertz CT molecular complexity index is 1320. The number of hydrogen-bond donors (Lipinski definition) is 1. The van der Waals surface area contributed by atoms with Gasteiger partial charge in [0.15, 0.2) is 10.8 Å². The van der Waals surface area contributed by atoms with Gasteiger partial charge in [0.25, 0.3) is 5.69 Å². The van der Waals surface area contributed by atoms with Gasteiger partial charge in [-0.2, -0.15) is 0 Å². The summed E-state index contributed by atoms with van der Waals surface area (Å²) in [5, 5.41) is 23.4. The van der Waals surface area contributed by atoms with E-state index in [9.17, 15) is 14.9 Å². The Hall–Kier alpha value is -3.66. The maximum Gasteiger partial charge on any atom is 0.271 e. The van der Waals surface area contributed by atoms with Gasteiger partial charge in [-0.1, -0.05) is 30.0 Å². The number of carbonyl (C=O) groups is 1. The van der Waals surface area contributed by atoms with Crippen LogP contribution < -0.4 is 10.1 Å². The molecule has 2 aromatic carbocycles. The monoisotopic (exact) mass is 437 g/mol. The zero-order valence-corrected chi connectivity index (χ0v) is 17.8. The van der Waals surface area contributed by atoms with Crippen LogP contribution in [0.5, 0.6) is 5.75 Å². The maximum atomic E-state index is 12.8. The van der Waals surface area contributed by atoms with Crippen molar-refractivity contribution in [1.29, 1.82) is 0 Å². The molecular weight excluding hydrogens is 418 g/mol. The number of para-hydroxylation sites is 1. The van der Waals surface area contributed by atoms with Crippen LogP contribution in [0.2, 0.25) is 0 Å². The number of thioether (sulfide) groups is 1. The quantitative estimate of drug-likeness (QED) is 0.273. The van der Waals surface area contributed by atoms with E-state index < -0.39 is 10.2 Å². The summed E-state index contributed by atoms with van der Waals surface area (Å²) in [6.07, 6.45) is 0. The first-order valence-corrected chi connectivity index (χ1v) is 10.3. The lowest BCUT2D eigenvalue weighted by molar-refractivity contribution is -0.384. The average molecular weight is 437 g/mol. The molecule has 1 amide bonds. The molecule has 0 aliphatic carbocycles. The summed E-state index contributed by atoms with van der Waals surface area (Å²) in [5.41, 5.74) is 2.85. The van der Waals surface area contributed by atoms with Crippen LogP contribution in [0.15, 0.2) is 53.7 Å². The molecule has 1 N–H and O–H groups in total. The Morgan fingerprint density at radius 1 is 1.23 bits per heavy atom. The lowest BCUT2D eigenvalue weighted by atomic mass is 10.1. The fourth-order valence-electron chi connectivity index (χ4n) is 3.30. The number of amides is 1. The lowest BCUT2D eigenvalue weighted by Crippen LogP contribution is -2.23. The number of aryl methyl sites for hydroxylation is 1. The standard InChI is InChI=1S/C21H19N5O4S/c1-12-10-19-23-24-21(25(19)17-7-5-4-6-15(12)17)31-13(2)20(27)22-16-11-14(26(28)29)8-9-18(16)30-3/h4-11,13H,1-3H3,(H,22,27)/t13-/m1/s1. The predicted molar refractivity (Wildman–Crippen MR) is 119 cm³/mol. The van der Waals surface area contributed by atoms with Crippen LogP contribution in [0.3, 0.4) is 0 Å². The third kappa shape index (κ3) is 3.89. The Morgan fingerprint density at radius 2 is 2.00 bits per heavy atom. The Kier molecular flexibility index (Phi) is 5.47. The van der Waals surface area contributed by atoms with Crippen LogP contribution in [-0.2, 0) is 4.79 Å². The van der Waals surface area contributed by atoms with Gasteiger partial charge >= 0.3 is 0 Å². The highest BCUT2D eigenvalue weighted by atomic mass is 32.2. The number of rotatable bonds is 6. The third-order valence-corrected chi connectivity index (χ3v) is 5.92. The van der Waals surface area contributed by atoms with Crippen LogP contribution in [0.1, 0.15) is 12.5 Å². The number of ether oxygens (including phenoxy) is 1. The second-order valence-corrected chi connectivity index (χ2v) is 8.22. The van der Waals surface area contributed by atoms with Crippen LogP contribution >= 0.6 is 11.8 Å². The van der Waals surface area contributed by atoms with Crippen molar-refractivity contribution in [2.75, 3.05) is 12.4 Å². The molecule has 4 rings (SSSR count). The van der Waals surface area contributed by atoms with Gasteiger partial charge in [0.05, 0.1) is 28.5 Å². The highest BCUT2D eigenvalue weighted by Gasteiger charge is 2.21. The van der Waals surface area contributed by atoms with E-state index in [4.69, 9.17) is 4.74 Å². The molecule has 0 radical (unpaired) electrons. The first-order chi connectivity index (χ1) is 14.9. The van der Waals surface area contributed by atoms with Crippen molar-refractivity contribution in [1.82, 2.24) is 14.6 Å². The van der Waals surface area contributed by atoms with Crippen molar-refractivity contribution in [3.63, 3.8) is 0 Å². The van der Waals surface area contributed by atoms with E-state index in [2.05, 4.69) is 15.5 Å². The van der Waals surface area contributed by atoms with Crippen molar-refractivity contribution in [2.24, 2.45) is 0 Å². The van der Waals surface area contributed by atoms with E-state index in [1.165, 1.54) is 37.1 Å². The number of fused-ring (bicyclic) bond motifs is 3. The van der Waals surface area contributed by atoms with E-state index in [1.54, 1.807) is 6.92 Å². The van der Waals surface area contributed by atoms with Crippen molar-refractivity contribution < 1.29 is 14.5 Å². The molecule has 1 atom stereocenters. The van der Waals surface area contributed by atoms with Crippen molar-refractivity contribution in [3.05, 3.63) is 64.2 Å². The Labute approximate surface area is 181 Å². The summed E-state index contributed by atoms with van der Waals surface area (Å²) < 4.78 is 7.13. The van der Waals surface area contributed by atoms with E-state index in [0.29, 0.717) is 16.6 Å². The number of methoxy groups -OCH3 is 1. The second-order valence-electron chi connectivity index (χ2n) is 6.91. The number of nitrogens with one attached hydrogen (secondary N) is 1. The van der Waals surface area contributed by atoms with E-state index in [0.717, 1.165) is 16.5 Å². The molecule has 0 saturated carbocycles. The summed E-state index contributed by atoms with van der Waals surface area (Å²) in [4.78, 5) is 23.4. The molecule has 0 fully saturated rings. The summed E-state index contributed by atoms with van der Waals surface area (Å²) in [7, 11) is 1.43. The molecule has 0 aliphatic heterocycles. The number of aromatic nitrogens is 3. The van der Waals surface area contributed by atoms with E-state index in [1.807, 2.05) is 41.7 Å². The molecule has 0 bridgehead atoms. The number of pyridine rings is 1. The second kappa shape index (κ2) is 8.23. The van der Waals surface area contributed by atoms with Crippen LogP contribution in [0, 0.1) is 17.0 Å². The third-order valence-electron chi connectivity index (χ3n) is 4.88. The average Bonchev–Trinajstić information content (AvgIpc) is 3.16. The van der Waals surface area contributed by atoms with Crippen molar-refractivity contribution in [3.8, 4) is 5.75 Å². The zero-order chi connectivity index (χ0) is 22.1. The molecule has 4 aromatic rings. The summed E-state index contributed by atoms with van der Waals surface area (Å²) >= 11 is 1.25. The van der Waals surface area contributed by atoms with Gasteiger partial charge in [0.1, 0.15) is 5.75 Å². The summed E-state index contributed by atoms with van der Waals surface area (Å²) in [5.74, 6) is 0.00233. The molecule has 2 aromatic heterocycles. The van der Waals surface area contributed by atoms with Crippen molar-refractivity contribution >= 4 is 45.6 Å². The highest BCUT2D eigenvalue weighted by molar-refractivity contribution is 8.00. The summed E-state index contributed by atoms with van der Waals surface area (Å²) in [6, 6.07) is 13.9. The summed E-state index contributed by atoms with van der Waals surface area (Å²) in [6.45, 7) is 3.76. The van der Waals surface area contributed by atoms with Gasteiger partial charge in [0.2, 0.25) is 5.91 Å². The normalized spacial score (nSPS) is 12.1. The zero-order valence-electron chi connectivity index (χ0n) is 17.0. The number of hydrogen-bond acceptors (Lipinski definition) is 7. The minimum atomic E-state index is -0.545. The Morgan fingerprint density at radius 3 is 2.74 bits per heavy atom. The number of nitrogens with zero attached hydrogens (tertiary/aromatic N) is 4. The maximum absolute atomic E-state index is 12.8. The van der Waals surface area contributed by atoms with Crippen molar-refractivity contribution in [2.45, 2.75) is 24.3 Å². The topological polar surface area (TPSA) is 112 Å². The number of nitro groups is 1. The number of carbonyl (C=O) groups excluding carboxylic acids is 1. The molecule has 2 heterocycles. The minimum absolute atomic E-state index is 0.137. The van der Waals surface area contributed by atoms with E-state index >= 15 is 0 Å². The van der Waals surface area contributed by atoms with Gasteiger partial charge in [-0.3, -0.25) is 19.3 Å². The molecular formula is C21H19N5O4S. The minimum Gasteiger partial charge on any atom is -0.495 e. The fraction of sp³-hybridized carbons (Fsp3) is 0.190. The van der Waals surface area contributed by atoms with Crippen LogP contribution in [0.25, 0.3) is 16.6 Å². The molecule has 158 valence electrons. The first kappa shape index (κ1) is 20.6. The number of non-ortho nitro benzene ring substituents is 1. The number of nitro benzene ring substituents is 1. The highest BCUT2D eigenvalue weighted by Crippen LogP contribution is 2.31. The van der Waals surface area contributed by atoms with Gasteiger partial charge in [-0.25, -0.2) is 0 Å². The predicted octanol–water partition coefficient (Wildman–Crippen LogP) is 4.23. The van der Waals surface area contributed by atoms with Gasteiger partial charge in [0, 0.05) is 17.5 Å². The molecule has 0 unspecified atom stereocenters. The SMILES string of the molecule is COc1ccc([N+](=O)[O-])cc1NC(=O)[C@@H](C)Sc1nnc2cc(C)c3ccccc3n12. The molecule has 9 nitrogen and oxygen atoms in total. The largest absolute Gasteiger partial charge is 0.495 e. The van der Waals surface area contributed by atoms with Crippen LogP contribution in [-0.4, -0.2) is 37.8 Å². The molecule has 0 saturated heterocycles. The molecule has 10 heteroatoms. The fourth-order valence-corrected chi connectivity index (χ4v) is 4.17. The van der Waals surface area contributed by atoms with Gasteiger partial charge in [-0.05, 0) is 37.6 Å². The lowest BCUT2D eigenvalue weighted by Gasteiger charge is -2.14. The Balaban J connectivity index is 1.62. The van der Waals surface area contributed by atoms with Gasteiger partial charge < -0.3 is 10.1 Å². The smallest absolute Gasteiger partial charge is 0.271 e.